The molecular weight excluding hydrogens is 428 g/mol. The number of rotatable bonds is 4. The minimum atomic E-state index is -0.942. The van der Waals surface area contributed by atoms with Gasteiger partial charge in [-0.15, -0.1) is 0 Å². The van der Waals surface area contributed by atoms with E-state index in [2.05, 4.69) is 19.0 Å². The number of benzene rings is 1. The molecule has 1 aromatic heterocycles. The van der Waals surface area contributed by atoms with Crippen molar-refractivity contribution in [3.8, 4) is 0 Å². The topological polar surface area (TPSA) is 77.0 Å². The molecule has 0 spiro atoms. The van der Waals surface area contributed by atoms with Gasteiger partial charge >= 0.3 is 6.09 Å². The van der Waals surface area contributed by atoms with Crippen LogP contribution in [0.15, 0.2) is 18.2 Å². The van der Waals surface area contributed by atoms with Crippen molar-refractivity contribution < 1.29 is 14.7 Å². The van der Waals surface area contributed by atoms with Gasteiger partial charge in [0, 0.05) is 42.3 Å². The fourth-order valence-corrected chi connectivity index (χ4v) is 5.24. The first-order valence-corrected chi connectivity index (χ1v) is 11.7. The number of piperazine rings is 1. The van der Waals surface area contributed by atoms with E-state index >= 15 is 0 Å². The minimum absolute atomic E-state index is 0.0936. The Kier molecular flexibility index (Phi) is 6.58. The van der Waals surface area contributed by atoms with E-state index in [1.807, 2.05) is 25.1 Å². The number of amides is 2. The summed E-state index contributed by atoms with van der Waals surface area (Å²) in [4.78, 5) is 34.7. The molecule has 1 saturated heterocycles. The van der Waals surface area contributed by atoms with Crippen LogP contribution in [0.4, 0.5) is 4.79 Å². The third-order valence-corrected chi connectivity index (χ3v) is 7.21. The second-order valence-corrected chi connectivity index (χ2v) is 9.74. The number of carboxylic acid groups (broad SMARTS) is 1. The van der Waals surface area contributed by atoms with E-state index in [-0.39, 0.29) is 11.9 Å². The smallest absolute Gasteiger partial charge is 0.407 e. The molecule has 1 aliphatic carbocycles. The van der Waals surface area contributed by atoms with Crippen molar-refractivity contribution in [3.63, 3.8) is 0 Å². The molecule has 2 heterocycles. The molecule has 1 aromatic carbocycles. The number of aromatic nitrogens is 1. The fraction of sp³-hybridized carbons (Fsp3) is 0.542. The molecule has 7 nitrogen and oxygen atoms in total. The quantitative estimate of drug-likeness (QED) is 0.754. The number of nitrogens with zero attached hydrogens (tertiary/aromatic N) is 4. The SMILES string of the molecule is C[C@H]1CN(C(=O)O)CCN1C(=O)c1ccc2c(Cl)c3c(nc2c1)CC(CCN(C)C)CC3. The summed E-state index contributed by atoms with van der Waals surface area (Å²) < 4.78 is 0. The molecule has 1 N–H and O–H groups in total. The summed E-state index contributed by atoms with van der Waals surface area (Å²) in [6.07, 6.45) is 3.20. The zero-order chi connectivity index (χ0) is 23.0. The predicted octanol–water partition coefficient (Wildman–Crippen LogP) is 3.77. The Morgan fingerprint density at radius 3 is 2.75 bits per heavy atom. The monoisotopic (exact) mass is 458 g/mol. The Balaban J connectivity index is 1.58. The summed E-state index contributed by atoms with van der Waals surface area (Å²) in [6.45, 7) is 3.97. The molecule has 8 heteroatoms. The Morgan fingerprint density at radius 1 is 1.28 bits per heavy atom. The number of fused-ring (bicyclic) bond motifs is 2. The molecule has 0 radical (unpaired) electrons. The van der Waals surface area contributed by atoms with Gasteiger partial charge in [-0.1, -0.05) is 17.7 Å². The average Bonchev–Trinajstić information content (AvgIpc) is 2.76. The highest BCUT2D eigenvalue weighted by Crippen LogP contribution is 2.36. The first-order valence-electron chi connectivity index (χ1n) is 11.3. The summed E-state index contributed by atoms with van der Waals surface area (Å²) in [7, 11) is 4.20. The first-order chi connectivity index (χ1) is 15.2. The largest absolute Gasteiger partial charge is 0.465 e. The first kappa shape index (κ1) is 22.8. The summed E-state index contributed by atoms with van der Waals surface area (Å²) in [5, 5.41) is 10.9. The Labute approximate surface area is 193 Å². The van der Waals surface area contributed by atoms with Gasteiger partial charge in [0.1, 0.15) is 0 Å². The normalized spacial score (nSPS) is 21.2. The van der Waals surface area contributed by atoms with Crippen molar-refractivity contribution in [1.29, 1.82) is 0 Å². The molecule has 1 unspecified atom stereocenters. The van der Waals surface area contributed by atoms with Crippen LogP contribution in [-0.4, -0.2) is 83.1 Å². The van der Waals surface area contributed by atoms with E-state index in [0.717, 1.165) is 59.4 Å². The summed E-state index contributed by atoms with van der Waals surface area (Å²) in [6, 6.07) is 5.36. The second kappa shape index (κ2) is 9.24. The standard InChI is InChI=1S/C24H31ClN4O3/c1-15-14-28(24(31)32)10-11-29(15)23(30)17-5-7-19-21(13-17)26-20-12-16(8-9-27(2)3)4-6-18(20)22(19)25/h5,7,13,15-16H,4,6,8-12,14H2,1-3H3,(H,31,32)/t15-,16?/m0/s1. The number of carbonyl (C=O) groups excluding carboxylic acids is 1. The van der Waals surface area contributed by atoms with Crippen molar-refractivity contribution in [2.24, 2.45) is 5.92 Å². The van der Waals surface area contributed by atoms with E-state index < -0.39 is 6.09 Å². The van der Waals surface area contributed by atoms with Gasteiger partial charge in [-0.25, -0.2) is 4.79 Å². The van der Waals surface area contributed by atoms with Gasteiger partial charge in [0.25, 0.3) is 5.91 Å². The lowest BCUT2D eigenvalue weighted by molar-refractivity contribution is 0.0484. The van der Waals surface area contributed by atoms with E-state index in [4.69, 9.17) is 16.6 Å². The molecule has 2 amide bonds. The molecule has 2 aromatic rings. The zero-order valence-electron chi connectivity index (χ0n) is 19.0. The third-order valence-electron chi connectivity index (χ3n) is 6.78. The second-order valence-electron chi connectivity index (χ2n) is 9.36. The van der Waals surface area contributed by atoms with Crippen LogP contribution in [0.2, 0.25) is 5.02 Å². The Morgan fingerprint density at radius 2 is 2.06 bits per heavy atom. The molecule has 172 valence electrons. The molecule has 32 heavy (non-hydrogen) atoms. The molecule has 0 saturated carbocycles. The highest BCUT2D eigenvalue weighted by Gasteiger charge is 2.30. The maximum atomic E-state index is 13.2. The number of carbonyl (C=O) groups is 2. The van der Waals surface area contributed by atoms with Gasteiger partial charge < -0.3 is 19.8 Å². The maximum absolute atomic E-state index is 13.2. The van der Waals surface area contributed by atoms with Crippen molar-refractivity contribution in [1.82, 2.24) is 19.7 Å². The summed E-state index contributed by atoms with van der Waals surface area (Å²) in [5.74, 6) is 0.506. The molecule has 1 fully saturated rings. The van der Waals surface area contributed by atoms with Crippen LogP contribution >= 0.6 is 11.6 Å². The molecule has 2 atom stereocenters. The highest BCUT2D eigenvalue weighted by molar-refractivity contribution is 6.36. The van der Waals surface area contributed by atoms with Crippen molar-refractivity contribution in [3.05, 3.63) is 40.0 Å². The summed E-state index contributed by atoms with van der Waals surface area (Å²) >= 11 is 6.78. The molecule has 0 bridgehead atoms. The van der Waals surface area contributed by atoms with Gasteiger partial charge in [0.05, 0.1) is 10.5 Å². The zero-order valence-corrected chi connectivity index (χ0v) is 19.7. The van der Waals surface area contributed by atoms with Gasteiger partial charge in [0.2, 0.25) is 0 Å². The van der Waals surface area contributed by atoms with E-state index in [1.165, 1.54) is 4.90 Å². The van der Waals surface area contributed by atoms with Crippen LogP contribution in [-0.2, 0) is 12.8 Å². The molecule has 1 aliphatic heterocycles. The summed E-state index contributed by atoms with van der Waals surface area (Å²) in [5.41, 5.74) is 3.53. The lowest BCUT2D eigenvalue weighted by Gasteiger charge is -2.38. The third kappa shape index (κ3) is 4.55. The number of pyridine rings is 1. The van der Waals surface area contributed by atoms with E-state index in [9.17, 15) is 14.7 Å². The highest BCUT2D eigenvalue weighted by atomic mass is 35.5. The molecule has 4 rings (SSSR count). The average molecular weight is 459 g/mol. The van der Waals surface area contributed by atoms with Crippen LogP contribution in [0.25, 0.3) is 10.9 Å². The van der Waals surface area contributed by atoms with Crippen LogP contribution in [0.3, 0.4) is 0 Å². The van der Waals surface area contributed by atoms with Crippen LogP contribution in [0.5, 0.6) is 0 Å². The van der Waals surface area contributed by atoms with Gasteiger partial charge in [-0.05, 0) is 76.9 Å². The number of hydrogen-bond donors (Lipinski definition) is 1. The number of hydrogen-bond acceptors (Lipinski definition) is 4. The van der Waals surface area contributed by atoms with Crippen LogP contribution in [0.1, 0.15) is 41.4 Å². The number of halogens is 1. The fourth-order valence-electron chi connectivity index (χ4n) is 4.88. The van der Waals surface area contributed by atoms with Crippen molar-refractivity contribution in [2.75, 3.05) is 40.3 Å². The van der Waals surface area contributed by atoms with Crippen LogP contribution < -0.4 is 0 Å². The Bertz CT molecular complexity index is 1040. The molecule has 2 aliphatic rings. The van der Waals surface area contributed by atoms with E-state index in [0.29, 0.717) is 31.1 Å². The van der Waals surface area contributed by atoms with Crippen molar-refractivity contribution in [2.45, 2.75) is 38.6 Å². The van der Waals surface area contributed by atoms with Crippen LogP contribution in [0, 0.1) is 5.92 Å². The maximum Gasteiger partial charge on any atom is 0.407 e. The van der Waals surface area contributed by atoms with Crippen molar-refractivity contribution >= 4 is 34.5 Å². The van der Waals surface area contributed by atoms with Gasteiger partial charge in [-0.3, -0.25) is 9.78 Å². The lowest BCUT2D eigenvalue weighted by atomic mass is 9.84. The molecular formula is C24H31ClN4O3. The lowest BCUT2D eigenvalue weighted by Crippen LogP contribution is -2.55. The minimum Gasteiger partial charge on any atom is -0.465 e. The predicted molar refractivity (Wildman–Crippen MR) is 126 cm³/mol. The van der Waals surface area contributed by atoms with Gasteiger partial charge in [-0.2, -0.15) is 0 Å². The Hall–Kier alpha value is -2.38. The van der Waals surface area contributed by atoms with E-state index in [1.54, 1.807) is 4.90 Å². The van der Waals surface area contributed by atoms with Gasteiger partial charge in [0.15, 0.2) is 0 Å².